The van der Waals surface area contributed by atoms with Gasteiger partial charge >= 0.3 is 0 Å². The fourth-order valence-electron chi connectivity index (χ4n) is 1.57. The molecular formula is C12H12BrFN2O2S2. The van der Waals surface area contributed by atoms with Crippen molar-refractivity contribution in [1.29, 1.82) is 0 Å². The van der Waals surface area contributed by atoms with Gasteiger partial charge in [-0.05, 0) is 48.0 Å². The van der Waals surface area contributed by atoms with Crippen LogP contribution in [0.15, 0.2) is 32.9 Å². The molecule has 1 unspecified atom stereocenters. The zero-order chi connectivity index (χ0) is 14.9. The fraction of sp³-hybridized carbons (Fsp3) is 0.250. The summed E-state index contributed by atoms with van der Waals surface area (Å²) in [6, 6.07) is 3.22. The predicted molar refractivity (Wildman–Crippen MR) is 79.7 cm³/mol. The number of hydrogen-bond donors (Lipinski definition) is 1. The van der Waals surface area contributed by atoms with E-state index in [2.05, 4.69) is 25.6 Å². The summed E-state index contributed by atoms with van der Waals surface area (Å²) in [6.07, 6.45) is 0. The van der Waals surface area contributed by atoms with E-state index in [1.807, 2.05) is 12.3 Å². The van der Waals surface area contributed by atoms with Gasteiger partial charge in [0.2, 0.25) is 10.0 Å². The zero-order valence-corrected chi connectivity index (χ0v) is 13.9. The van der Waals surface area contributed by atoms with Crippen LogP contribution in [-0.4, -0.2) is 13.4 Å². The molecule has 1 aromatic heterocycles. The molecule has 2 aromatic rings. The summed E-state index contributed by atoms with van der Waals surface area (Å²) >= 11 is 4.37. The van der Waals surface area contributed by atoms with Crippen LogP contribution in [0.2, 0.25) is 0 Å². The molecule has 0 saturated heterocycles. The Labute approximate surface area is 129 Å². The lowest BCUT2D eigenvalue weighted by atomic mass is 10.3. The third-order valence-corrected chi connectivity index (χ3v) is 5.87. The number of thiazole rings is 1. The van der Waals surface area contributed by atoms with Crippen molar-refractivity contribution in [2.75, 3.05) is 0 Å². The summed E-state index contributed by atoms with van der Waals surface area (Å²) in [4.78, 5) is 4.12. The fourth-order valence-corrected chi connectivity index (χ4v) is 3.91. The molecule has 8 heteroatoms. The van der Waals surface area contributed by atoms with Crippen molar-refractivity contribution < 1.29 is 12.8 Å². The minimum absolute atomic E-state index is 0.113. The van der Waals surface area contributed by atoms with E-state index in [1.165, 1.54) is 23.5 Å². The van der Waals surface area contributed by atoms with Crippen LogP contribution in [0.1, 0.15) is 23.7 Å². The second kappa shape index (κ2) is 5.88. The van der Waals surface area contributed by atoms with E-state index in [-0.39, 0.29) is 9.37 Å². The lowest BCUT2D eigenvalue weighted by Crippen LogP contribution is -2.27. The third kappa shape index (κ3) is 3.43. The first-order valence-corrected chi connectivity index (χ1v) is 8.84. The number of aromatic nitrogens is 1. The second-order valence-corrected chi connectivity index (χ2v) is 7.70. The van der Waals surface area contributed by atoms with E-state index >= 15 is 0 Å². The first-order chi connectivity index (χ1) is 9.29. The highest BCUT2D eigenvalue weighted by atomic mass is 79.9. The highest BCUT2D eigenvalue weighted by Gasteiger charge is 2.21. The Balaban J connectivity index is 2.24. The number of nitrogens with zero attached hydrogens (tertiary/aromatic N) is 1. The van der Waals surface area contributed by atoms with Crippen LogP contribution < -0.4 is 4.72 Å². The Morgan fingerprint density at radius 1 is 1.45 bits per heavy atom. The Bertz CT molecular complexity index is 731. The van der Waals surface area contributed by atoms with Crippen LogP contribution in [0.5, 0.6) is 0 Å². The molecule has 0 aliphatic rings. The molecule has 0 fully saturated rings. The van der Waals surface area contributed by atoms with Gasteiger partial charge in [-0.1, -0.05) is 0 Å². The van der Waals surface area contributed by atoms with Crippen molar-refractivity contribution in [3.8, 4) is 0 Å². The summed E-state index contributed by atoms with van der Waals surface area (Å²) in [7, 11) is -3.78. The van der Waals surface area contributed by atoms with Gasteiger partial charge in [0.05, 0.1) is 15.4 Å². The van der Waals surface area contributed by atoms with E-state index in [9.17, 15) is 12.8 Å². The molecule has 0 saturated carbocycles. The largest absolute Gasteiger partial charge is 0.245 e. The van der Waals surface area contributed by atoms with Gasteiger partial charge in [0.25, 0.3) is 0 Å². The molecule has 108 valence electrons. The molecule has 1 atom stereocenters. The minimum atomic E-state index is -3.78. The number of sulfonamides is 1. The Kier molecular flexibility index (Phi) is 4.58. The third-order valence-electron chi connectivity index (χ3n) is 2.54. The number of benzene rings is 1. The topological polar surface area (TPSA) is 59.1 Å². The van der Waals surface area contributed by atoms with Gasteiger partial charge in [-0.3, -0.25) is 0 Å². The summed E-state index contributed by atoms with van der Waals surface area (Å²) in [6.45, 7) is 3.54. The van der Waals surface area contributed by atoms with Crippen LogP contribution >= 0.6 is 27.3 Å². The number of aryl methyl sites for hydroxylation is 1. The molecule has 0 radical (unpaired) electrons. The Hall–Kier alpha value is -0.830. The van der Waals surface area contributed by atoms with Crippen molar-refractivity contribution in [2.24, 2.45) is 0 Å². The molecule has 0 bridgehead atoms. The monoisotopic (exact) mass is 378 g/mol. The van der Waals surface area contributed by atoms with E-state index in [1.54, 1.807) is 6.92 Å². The molecule has 2 rings (SSSR count). The number of rotatable bonds is 4. The van der Waals surface area contributed by atoms with Gasteiger partial charge in [-0.25, -0.2) is 22.5 Å². The van der Waals surface area contributed by atoms with E-state index < -0.39 is 21.9 Å². The van der Waals surface area contributed by atoms with Gasteiger partial charge in [0.15, 0.2) is 0 Å². The molecule has 0 aliphatic heterocycles. The first kappa shape index (κ1) is 15.6. The number of hydrogen-bond acceptors (Lipinski definition) is 4. The first-order valence-electron chi connectivity index (χ1n) is 5.69. The van der Waals surface area contributed by atoms with Crippen molar-refractivity contribution in [2.45, 2.75) is 24.8 Å². The molecule has 0 spiro atoms. The maximum atomic E-state index is 13.4. The van der Waals surface area contributed by atoms with Crippen LogP contribution in [0.3, 0.4) is 0 Å². The molecule has 1 heterocycles. The van der Waals surface area contributed by atoms with Crippen LogP contribution in [-0.2, 0) is 10.0 Å². The average Bonchev–Trinajstić information content (AvgIpc) is 2.79. The van der Waals surface area contributed by atoms with E-state index in [4.69, 9.17) is 0 Å². The van der Waals surface area contributed by atoms with Crippen molar-refractivity contribution in [1.82, 2.24) is 9.71 Å². The van der Waals surface area contributed by atoms with Crippen molar-refractivity contribution in [3.63, 3.8) is 0 Å². The van der Waals surface area contributed by atoms with Crippen LogP contribution in [0.4, 0.5) is 4.39 Å². The Morgan fingerprint density at radius 2 is 2.15 bits per heavy atom. The standard InChI is InChI=1S/C12H12BrFN2O2S2/c1-7-6-19-12(15-7)8(2)16-20(17,18)9-3-4-10(13)11(14)5-9/h3-6,8,16H,1-2H3. The maximum absolute atomic E-state index is 13.4. The molecular weight excluding hydrogens is 367 g/mol. The zero-order valence-electron chi connectivity index (χ0n) is 10.7. The summed E-state index contributed by atoms with van der Waals surface area (Å²) in [5.74, 6) is -0.620. The van der Waals surface area contributed by atoms with Gasteiger partial charge in [0, 0.05) is 11.1 Å². The number of nitrogens with one attached hydrogen (secondary N) is 1. The van der Waals surface area contributed by atoms with Crippen LogP contribution in [0.25, 0.3) is 0 Å². The molecule has 0 amide bonds. The molecule has 1 aromatic carbocycles. The smallest absolute Gasteiger partial charge is 0.241 e. The summed E-state index contributed by atoms with van der Waals surface area (Å²) in [5.41, 5.74) is 0.839. The normalized spacial score (nSPS) is 13.4. The maximum Gasteiger partial charge on any atom is 0.241 e. The highest BCUT2D eigenvalue weighted by Crippen LogP contribution is 2.22. The minimum Gasteiger partial charge on any atom is -0.245 e. The molecule has 0 aliphatic carbocycles. The predicted octanol–water partition coefficient (Wildman–Crippen LogP) is 3.39. The van der Waals surface area contributed by atoms with Gasteiger partial charge < -0.3 is 0 Å². The SMILES string of the molecule is Cc1csc(C(C)NS(=O)(=O)c2ccc(Br)c(F)c2)n1. The Morgan fingerprint density at radius 3 is 2.70 bits per heavy atom. The quantitative estimate of drug-likeness (QED) is 0.886. The highest BCUT2D eigenvalue weighted by molar-refractivity contribution is 9.10. The lowest BCUT2D eigenvalue weighted by molar-refractivity contribution is 0.562. The van der Waals surface area contributed by atoms with E-state index in [0.29, 0.717) is 5.01 Å². The molecule has 20 heavy (non-hydrogen) atoms. The van der Waals surface area contributed by atoms with Crippen molar-refractivity contribution in [3.05, 3.63) is 44.6 Å². The van der Waals surface area contributed by atoms with Crippen molar-refractivity contribution >= 4 is 37.3 Å². The molecule has 4 nitrogen and oxygen atoms in total. The molecule has 1 N–H and O–H groups in total. The summed E-state index contributed by atoms with van der Waals surface area (Å²) < 4.78 is 40.5. The summed E-state index contributed by atoms with van der Waals surface area (Å²) in [5, 5.41) is 2.52. The van der Waals surface area contributed by atoms with Gasteiger partial charge in [0.1, 0.15) is 10.8 Å². The van der Waals surface area contributed by atoms with Gasteiger partial charge in [-0.15, -0.1) is 11.3 Å². The van der Waals surface area contributed by atoms with Crippen LogP contribution in [0, 0.1) is 12.7 Å². The van der Waals surface area contributed by atoms with Gasteiger partial charge in [-0.2, -0.15) is 0 Å². The van der Waals surface area contributed by atoms with E-state index in [0.717, 1.165) is 11.8 Å². The average molecular weight is 379 g/mol. The lowest BCUT2D eigenvalue weighted by Gasteiger charge is -2.12. The number of halogens is 2. The second-order valence-electron chi connectivity index (χ2n) is 4.25.